The Morgan fingerprint density at radius 3 is 0.742 bits per heavy atom. The SMILES string of the molecule is CCCCCCCCCCCCCCCCCC(=O)OCCCCCCCCCC#CC#CCCCCCCCCCOC(=O)CCCCCCCCCCCCCCCCC. The van der Waals surface area contributed by atoms with Crippen molar-refractivity contribution in [3.05, 3.63) is 0 Å². The van der Waals surface area contributed by atoms with Gasteiger partial charge in [-0.2, -0.15) is 0 Å². The number of carbonyl (C=O) groups excluding carboxylic acids is 2. The molecule has 4 heteroatoms. The second-order valence-corrected chi connectivity index (χ2v) is 18.9. The minimum atomic E-state index is 0.000489. The highest BCUT2D eigenvalue weighted by Gasteiger charge is 2.04. The van der Waals surface area contributed by atoms with E-state index in [9.17, 15) is 9.59 Å². The maximum absolute atomic E-state index is 12.0. The predicted molar refractivity (Wildman–Crippen MR) is 270 cm³/mol. The van der Waals surface area contributed by atoms with Gasteiger partial charge < -0.3 is 9.47 Å². The van der Waals surface area contributed by atoms with Crippen LogP contribution in [0.1, 0.15) is 322 Å². The Morgan fingerprint density at radius 1 is 0.274 bits per heavy atom. The van der Waals surface area contributed by atoms with Crippen molar-refractivity contribution < 1.29 is 19.1 Å². The van der Waals surface area contributed by atoms with Crippen LogP contribution in [0.15, 0.2) is 0 Å². The van der Waals surface area contributed by atoms with E-state index in [1.807, 2.05) is 0 Å². The number of esters is 2. The van der Waals surface area contributed by atoms with Crippen LogP contribution in [0.4, 0.5) is 0 Å². The molecule has 0 saturated heterocycles. The molecule has 0 N–H and O–H groups in total. The Hall–Kier alpha value is -1.94. The molecule has 0 unspecified atom stereocenters. The minimum absolute atomic E-state index is 0.000489. The second kappa shape index (κ2) is 55.2. The van der Waals surface area contributed by atoms with Gasteiger partial charge in [-0.1, -0.05) is 270 Å². The summed E-state index contributed by atoms with van der Waals surface area (Å²) in [7, 11) is 0. The average Bonchev–Trinajstić information content (AvgIpc) is 3.27. The highest BCUT2D eigenvalue weighted by atomic mass is 16.5. The molecule has 62 heavy (non-hydrogen) atoms. The van der Waals surface area contributed by atoms with E-state index in [4.69, 9.17) is 9.47 Å². The molecule has 0 bridgehead atoms. The van der Waals surface area contributed by atoms with Crippen molar-refractivity contribution in [2.45, 2.75) is 322 Å². The Labute approximate surface area is 388 Å². The number of hydrogen-bond donors (Lipinski definition) is 0. The molecule has 0 fully saturated rings. The number of hydrogen-bond acceptors (Lipinski definition) is 4. The van der Waals surface area contributed by atoms with E-state index in [-0.39, 0.29) is 11.9 Å². The maximum atomic E-state index is 12.0. The van der Waals surface area contributed by atoms with Crippen molar-refractivity contribution in [3.63, 3.8) is 0 Å². The van der Waals surface area contributed by atoms with Crippen LogP contribution >= 0.6 is 0 Å². The van der Waals surface area contributed by atoms with Gasteiger partial charge in [-0.05, 0) is 50.4 Å². The smallest absolute Gasteiger partial charge is 0.305 e. The molecule has 362 valence electrons. The molecule has 0 aliphatic rings. The van der Waals surface area contributed by atoms with Crippen LogP contribution in [0.25, 0.3) is 0 Å². The summed E-state index contributed by atoms with van der Waals surface area (Å²) in [6.45, 7) is 5.76. The molecule has 0 aromatic heterocycles. The lowest BCUT2D eigenvalue weighted by molar-refractivity contribution is -0.144. The van der Waals surface area contributed by atoms with Gasteiger partial charge in [-0.3, -0.25) is 9.59 Å². The number of carbonyl (C=O) groups is 2. The van der Waals surface area contributed by atoms with Crippen LogP contribution in [0.5, 0.6) is 0 Å². The molecule has 0 rings (SSSR count). The van der Waals surface area contributed by atoms with Gasteiger partial charge in [0.25, 0.3) is 0 Å². The van der Waals surface area contributed by atoms with Gasteiger partial charge in [-0.15, -0.1) is 0 Å². The fourth-order valence-corrected chi connectivity index (χ4v) is 8.41. The quantitative estimate of drug-likeness (QED) is 0.0347. The zero-order valence-electron chi connectivity index (χ0n) is 42.0. The molecule has 0 saturated carbocycles. The zero-order chi connectivity index (χ0) is 44.8. The molecule has 4 nitrogen and oxygen atoms in total. The predicted octanol–water partition coefficient (Wildman–Crippen LogP) is 18.8. The van der Waals surface area contributed by atoms with E-state index < -0.39 is 0 Å². The molecule has 0 aromatic rings. The second-order valence-electron chi connectivity index (χ2n) is 18.9. The topological polar surface area (TPSA) is 52.6 Å². The van der Waals surface area contributed by atoms with Gasteiger partial charge in [0.2, 0.25) is 0 Å². The van der Waals surface area contributed by atoms with E-state index in [2.05, 4.69) is 37.5 Å². The monoisotopic (exact) mass is 867 g/mol. The lowest BCUT2D eigenvalue weighted by atomic mass is 10.0. The first-order valence-electron chi connectivity index (χ1n) is 28.0. The van der Waals surface area contributed by atoms with Gasteiger partial charge in [0, 0.05) is 25.7 Å². The first-order chi connectivity index (χ1) is 30.7. The third-order valence-corrected chi connectivity index (χ3v) is 12.6. The van der Waals surface area contributed by atoms with Crippen LogP contribution in [0, 0.1) is 23.7 Å². The van der Waals surface area contributed by atoms with E-state index in [1.165, 1.54) is 218 Å². The van der Waals surface area contributed by atoms with Crippen molar-refractivity contribution in [1.82, 2.24) is 0 Å². The molecule has 0 heterocycles. The Balaban J connectivity index is 3.30. The van der Waals surface area contributed by atoms with E-state index in [0.717, 1.165) is 77.0 Å². The largest absolute Gasteiger partial charge is 0.466 e. The van der Waals surface area contributed by atoms with Crippen molar-refractivity contribution >= 4 is 11.9 Å². The molecule has 0 amide bonds. The summed E-state index contributed by atoms with van der Waals surface area (Å²) in [5.74, 6) is 12.5. The van der Waals surface area contributed by atoms with Gasteiger partial charge in [0.15, 0.2) is 0 Å². The fraction of sp³-hybridized carbons (Fsp3) is 0.897. The lowest BCUT2D eigenvalue weighted by Crippen LogP contribution is -2.05. The van der Waals surface area contributed by atoms with Gasteiger partial charge >= 0.3 is 11.9 Å². The molecule has 0 atom stereocenters. The fourth-order valence-electron chi connectivity index (χ4n) is 8.41. The highest BCUT2D eigenvalue weighted by molar-refractivity contribution is 5.69. The normalized spacial score (nSPS) is 10.9. The zero-order valence-corrected chi connectivity index (χ0v) is 42.0. The molecular formula is C58H106O4. The van der Waals surface area contributed by atoms with Crippen molar-refractivity contribution in [2.75, 3.05) is 13.2 Å². The van der Waals surface area contributed by atoms with E-state index >= 15 is 0 Å². The van der Waals surface area contributed by atoms with Crippen LogP contribution in [0.3, 0.4) is 0 Å². The summed E-state index contributed by atoms with van der Waals surface area (Å²) in [6.07, 6.45) is 60.1. The van der Waals surface area contributed by atoms with Gasteiger partial charge in [0.05, 0.1) is 13.2 Å². The van der Waals surface area contributed by atoms with Crippen molar-refractivity contribution in [2.24, 2.45) is 0 Å². The Bertz CT molecular complexity index is 946. The molecule has 0 spiro atoms. The lowest BCUT2D eigenvalue weighted by Gasteiger charge is -2.05. The number of unbranched alkanes of at least 4 members (excludes halogenated alkanes) is 42. The first-order valence-corrected chi connectivity index (χ1v) is 28.0. The standard InChI is InChI=1S/C58H106O4/c1-3-5-7-9-11-13-15-17-25-29-33-37-41-45-49-53-57(59)61-55-51-47-43-39-35-31-27-23-21-19-20-22-24-28-32-36-40-44-48-52-56-62-58(60)54-50-46-42-38-34-30-26-18-16-14-12-10-8-6-4-2/h3-18,23-56H2,1-2H3. The molecule has 0 aromatic carbocycles. The maximum Gasteiger partial charge on any atom is 0.305 e. The molecule has 0 aliphatic carbocycles. The summed E-state index contributed by atoms with van der Waals surface area (Å²) >= 11 is 0. The average molecular weight is 867 g/mol. The van der Waals surface area contributed by atoms with E-state index in [1.54, 1.807) is 0 Å². The van der Waals surface area contributed by atoms with Crippen LogP contribution in [0.2, 0.25) is 0 Å². The van der Waals surface area contributed by atoms with Crippen LogP contribution in [-0.4, -0.2) is 25.2 Å². The summed E-state index contributed by atoms with van der Waals surface area (Å²) in [6, 6.07) is 0. The summed E-state index contributed by atoms with van der Waals surface area (Å²) in [4.78, 5) is 24.1. The summed E-state index contributed by atoms with van der Waals surface area (Å²) in [5.41, 5.74) is 0. The van der Waals surface area contributed by atoms with E-state index in [0.29, 0.717) is 26.1 Å². The molecular weight excluding hydrogens is 761 g/mol. The van der Waals surface area contributed by atoms with Gasteiger partial charge in [-0.25, -0.2) is 0 Å². The van der Waals surface area contributed by atoms with Crippen LogP contribution < -0.4 is 0 Å². The molecule has 0 aliphatic heterocycles. The third kappa shape index (κ3) is 54.2. The van der Waals surface area contributed by atoms with Crippen LogP contribution in [-0.2, 0) is 19.1 Å². The summed E-state index contributed by atoms with van der Waals surface area (Å²) in [5, 5.41) is 0. The Morgan fingerprint density at radius 2 is 0.484 bits per heavy atom. The van der Waals surface area contributed by atoms with Crippen molar-refractivity contribution in [1.29, 1.82) is 0 Å². The highest BCUT2D eigenvalue weighted by Crippen LogP contribution is 2.16. The minimum Gasteiger partial charge on any atom is -0.466 e. The van der Waals surface area contributed by atoms with Crippen molar-refractivity contribution in [3.8, 4) is 23.7 Å². The first kappa shape index (κ1) is 60.1. The third-order valence-electron chi connectivity index (χ3n) is 12.6. The number of ether oxygens (including phenoxy) is 2. The Kier molecular flexibility index (Phi) is 53.5. The number of rotatable bonds is 50. The molecule has 0 radical (unpaired) electrons. The summed E-state index contributed by atoms with van der Waals surface area (Å²) < 4.78 is 10.9. The van der Waals surface area contributed by atoms with Gasteiger partial charge in [0.1, 0.15) is 0 Å².